The molecule has 0 aliphatic carbocycles. The molecular weight excluding hydrogens is 382 g/mol. The lowest BCUT2D eigenvalue weighted by Crippen LogP contribution is -2.62. The number of fused-ring (bicyclic) bond motifs is 5. The van der Waals surface area contributed by atoms with E-state index < -0.39 is 6.04 Å². The van der Waals surface area contributed by atoms with Gasteiger partial charge in [0.15, 0.2) is 11.5 Å². The number of rotatable bonds is 1. The first kappa shape index (κ1) is 17.4. The van der Waals surface area contributed by atoms with E-state index in [4.69, 9.17) is 9.47 Å². The zero-order chi connectivity index (χ0) is 20.4. The molecule has 30 heavy (non-hydrogen) atoms. The highest BCUT2D eigenvalue weighted by atomic mass is 16.6. The minimum Gasteiger partial charge on any atom is -0.486 e. The molecule has 1 N–H and O–H groups in total. The number of piperazine rings is 1. The Hall–Kier alpha value is -3.48. The second-order valence-electron chi connectivity index (χ2n) is 8.08. The molecule has 2 aromatic carbocycles. The maximum absolute atomic E-state index is 13.1. The van der Waals surface area contributed by atoms with Crippen LogP contribution >= 0.6 is 0 Å². The maximum atomic E-state index is 13.1. The molecule has 1 saturated heterocycles. The van der Waals surface area contributed by atoms with Gasteiger partial charge in [0, 0.05) is 30.1 Å². The molecule has 2 unspecified atom stereocenters. The van der Waals surface area contributed by atoms with Crippen molar-refractivity contribution in [3.05, 3.63) is 59.3 Å². The summed E-state index contributed by atoms with van der Waals surface area (Å²) in [6, 6.07) is 13.0. The van der Waals surface area contributed by atoms with Gasteiger partial charge in [-0.15, -0.1) is 0 Å². The van der Waals surface area contributed by atoms with Crippen LogP contribution in [-0.2, 0) is 16.0 Å². The normalized spacial score (nSPS) is 22.8. The van der Waals surface area contributed by atoms with Crippen LogP contribution in [0.4, 0.5) is 0 Å². The Balaban J connectivity index is 1.57. The predicted octanol–water partition coefficient (Wildman–Crippen LogP) is 2.25. The molecular formula is C23H21N3O4. The molecule has 4 heterocycles. The monoisotopic (exact) mass is 403 g/mol. The second-order valence-corrected chi connectivity index (χ2v) is 8.08. The lowest BCUT2D eigenvalue weighted by Gasteiger charge is -2.46. The van der Waals surface area contributed by atoms with Crippen molar-refractivity contribution in [2.75, 3.05) is 26.8 Å². The Morgan fingerprint density at radius 1 is 1.03 bits per heavy atom. The van der Waals surface area contributed by atoms with Crippen LogP contribution in [0.1, 0.15) is 22.9 Å². The minimum absolute atomic E-state index is 0.0203. The van der Waals surface area contributed by atoms with Gasteiger partial charge in [0.1, 0.15) is 19.3 Å². The van der Waals surface area contributed by atoms with Gasteiger partial charge < -0.3 is 24.3 Å². The van der Waals surface area contributed by atoms with E-state index in [-0.39, 0.29) is 24.4 Å². The number of aromatic amines is 1. The fourth-order valence-corrected chi connectivity index (χ4v) is 4.98. The summed E-state index contributed by atoms with van der Waals surface area (Å²) in [5, 5.41) is 1.10. The quantitative estimate of drug-likeness (QED) is 0.676. The van der Waals surface area contributed by atoms with Crippen LogP contribution in [0.2, 0.25) is 0 Å². The van der Waals surface area contributed by atoms with E-state index in [1.165, 1.54) is 4.90 Å². The molecule has 2 atom stereocenters. The molecule has 1 aromatic heterocycles. The van der Waals surface area contributed by atoms with Crippen LogP contribution in [0.3, 0.4) is 0 Å². The average molecular weight is 403 g/mol. The third-order valence-corrected chi connectivity index (χ3v) is 6.34. The Morgan fingerprint density at radius 2 is 1.83 bits per heavy atom. The van der Waals surface area contributed by atoms with Gasteiger partial charge >= 0.3 is 0 Å². The van der Waals surface area contributed by atoms with Crippen molar-refractivity contribution in [1.82, 2.24) is 14.8 Å². The van der Waals surface area contributed by atoms with E-state index in [0.717, 1.165) is 27.7 Å². The van der Waals surface area contributed by atoms with E-state index >= 15 is 0 Å². The highest BCUT2D eigenvalue weighted by Crippen LogP contribution is 2.44. The van der Waals surface area contributed by atoms with Crippen molar-refractivity contribution in [3.8, 4) is 11.5 Å². The van der Waals surface area contributed by atoms with E-state index in [2.05, 4.69) is 11.1 Å². The van der Waals surface area contributed by atoms with Crippen LogP contribution < -0.4 is 9.47 Å². The lowest BCUT2D eigenvalue weighted by molar-refractivity contribution is -0.157. The summed E-state index contributed by atoms with van der Waals surface area (Å²) in [6.45, 7) is 1.11. The van der Waals surface area contributed by atoms with Crippen LogP contribution in [0.25, 0.3) is 10.9 Å². The molecule has 0 spiro atoms. The molecule has 3 aliphatic heterocycles. The first-order chi connectivity index (χ1) is 14.6. The van der Waals surface area contributed by atoms with E-state index in [9.17, 15) is 9.59 Å². The number of nitrogens with zero attached hydrogens (tertiary/aromatic N) is 2. The molecule has 7 heteroatoms. The molecule has 0 bridgehead atoms. The number of hydrogen-bond acceptors (Lipinski definition) is 4. The van der Waals surface area contributed by atoms with Crippen LogP contribution in [-0.4, -0.2) is 59.4 Å². The number of amides is 2. The first-order valence-electron chi connectivity index (χ1n) is 10.2. The van der Waals surface area contributed by atoms with Crippen molar-refractivity contribution >= 4 is 22.7 Å². The van der Waals surface area contributed by atoms with Gasteiger partial charge in [0.25, 0.3) is 0 Å². The molecule has 1 fully saturated rings. The third-order valence-electron chi connectivity index (χ3n) is 6.34. The van der Waals surface area contributed by atoms with E-state index in [1.54, 1.807) is 11.9 Å². The van der Waals surface area contributed by atoms with Crippen molar-refractivity contribution in [3.63, 3.8) is 0 Å². The van der Waals surface area contributed by atoms with Crippen LogP contribution in [0, 0.1) is 0 Å². The van der Waals surface area contributed by atoms with Gasteiger partial charge in [-0.05, 0) is 29.3 Å². The molecule has 0 radical (unpaired) electrons. The van der Waals surface area contributed by atoms with Gasteiger partial charge in [-0.2, -0.15) is 0 Å². The number of carbonyl (C=O) groups is 2. The number of benzene rings is 2. The Morgan fingerprint density at radius 3 is 2.70 bits per heavy atom. The van der Waals surface area contributed by atoms with Crippen LogP contribution in [0.15, 0.2) is 42.5 Å². The Labute approximate surface area is 173 Å². The maximum Gasteiger partial charge on any atom is 0.245 e. The van der Waals surface area contributed by atoms with Crippen LogP contribution in [0.5, 0.6) is 11.5 Å². The number of para-hydroxylation sites is 1. The Bertz CT molecular complexity index is 1200. The lowest BCUT2D eigenvalue weighted by atomic mass is 9.86. The summed E-state index contributed by atoms with van der Waals surface area (Å²) in [5.74, 6) is 1.31. The molecule has 3 aromatic rings. The number of ether oxygens (including phenoxy) is 2. The van der Waals surface area contributed by atoms with Crippen molar-refractivity contribution < 1.29 is 19.1 Å². The molecule has 3 aliphatic rings. The van der Waals surface area contributed by atoms with E-state index in [1.807, 2.05) is 36.4 Å². The fraction of sp³-hybridized carbons (Fsp3) is 0.304. The largest absolute Gasteiger partial charge is 0.486 e. The summed E-state index contributed by atoms with van der Waals surface area (Å²) in [6.07, 6.45) is 0.509. The number of H-pyrrole nitrogens is 1. The van der Waals surface area contributed by atoms with Gasteiger partial charge in [0.2, 0.25) is 11.8 Å². The molecule has 6 rings (SSSR count). The van der Waals surface area contributed by atoms with Crippen molar-refractivity contribution in [2.24, 2.45) is 0 Å². The van der Waals surface area contributed by atoms with Gasteiger partial charge in [-0.25, -0.2) is 0 Å². The number of likely N-dealkylation sites (N-methyl/N-ethyl adjacent to an activating group) is 1. The SMILES string of the molecule is CN1CC(=O)N2C(Cc3c([nH]c4ccccc34)C2c2ccc3c(c2)OCCO3)C1=O. The highest BCUT2D eigenvalue weighted by Gasteiger charge is 2.47. The Kier molecular flexibility index (Phi) is 3.63. The van der Waals surface area contributed by atoms with Gasteiger partial charge in [0.05, 0.1) is 12.6 Å². The predicted molar refractivity (Wildman–Crippen MR) is 110 cm³/mol. The first-order valence-corrected chi connectivity index (χ1v) is 10.2. The fourth-order valence-electron chi connectivity index (χ4n) is 4.98. The summed E-state index contributed by atoms with van der Waals surface area (Å²) in [4.78, 5) is 33.0. The van der Waals surface area contributed by atoms with Gasteiger partial charge in [-0.3, -0.25) is 9.59 Å². The zero-order valence-electron chi connectivity index (χ0n) is 16.6. The second kappa shape index (κ2) is 6.26. The van der Waals surface area contributed by atoms with Crippen molar-refractivity contribution in [2.45, 2.75) is 18.5 Å². The minimum atomic E-state index is -0.513. The standard InChI is InChI=1S/C23H21N3O4/c1-25-12-20(27)26-17(23(25)28)11-15-14-4-2-3-5-16(14)24-21(15)22(26)13-6-7-18-19(10-13)30-9-8-29-18/h2-7,10,17,22,24H,8-9,11-12H2,1H3. The highest BCUT2D eigenvalue weighted by molar-refractivity contribution is 5.97. The number of hydrogen-bond donors (Lipinski definition) is 1. The van der Waals surface area contributed by atoms with E-state index in [0.29, 0.717) is 31.1 Å². The smallest absolute Gasteiger partial charge is 0.245 e. The molecule has 0 saturated carbocycles. The zero-order valence-corrected chi connectivity index (χ0v) is 16.6. The third kappa shape index (κ3) is 2.38. The summed E-state index contributed by atoms with van der Waals surface area (Å²) in [5.41, 5.74) is 3.98. The topological polar surface area (TPSA) is 74.9 Å². The average Bonchev–Trinajstić information content (AvgIpc) is 3.14. The number of aromatic nitrogens is 1. The number of carbonyl (C=O) groups excluding carboxylic acids is 2. The summed E-state index contributed by atoms with van der Waals surface area (Å²) < 4.78 is 11.5. The summed E-state index contributed by atoms with van der Waals surface area (Å²) >= 11 is 0. The number of nitrogens with one attached hydrogen (secondary N) is 1. The molecule has 152 valence electrons. The van der Waals surface area contributed by atoms with Crippen molar-refractivity contribution in [1.29, 1.82) is 0 Å². The van der Waals surface area contributed by atoms with Gasteiger partial charge in [-0.1, -0.05) is 24.3 Å². The summed E-state index contributed by atoms with van der Waals surface area (Å²) in [7, 11) is 1.70. The molecule has 7 nitrogen and oxygen atoms in total. The molecule has 2 amide bonds.